The quantitative estimate of drug-likeness (QED) is 0.774. The van der Waals surface area contributed by atoms with Crippen LogP contribution in [0.5, 0.6) is 0 Å². The van der Waals surface area contributed by atoms with Crippen molar-refractivity contribution in [2.24, 2.45) is 29.1 Å². The monoisotopic (exact) mass is 396 g/mol. The molecular weight excluding hydrogens is 368 g/mol. The Bertz CT molecular complexity index is 998. The Balaban J connectivity index is 1.34. The molecule has 28 heavy (non-hydrogen) atoms. The first-order chi connectivity index (χ1) is 13.5. The van der Waals surface area contributed by atoms with Gasteiger partial charge in [0, 0.05) is 10.3 Å². The third-order valence-corrected chi connectivity index (χ3v) is 9.39. The molecule has 1 atom stereocenters. The second-order valence-electron chi connectivity index (χ2n) is 10.3. The number of aromatic nitrogens is 2. The van der Waals surface area contributed by atoms with Crippen molar-refractivity contribution in [3.63, 3.8) is 0 Å². The van der Waals surface area contributed by atoms with E-state index in [9.17, 15) is 9.59 Å². The Morgan fingerprint density at radius 1 is 1.21 bits per heavy atom. The first-order valence-corrected chi connectivity index (χ1v) is 11.9. The van der Waals surface area contributed by atoms with E-state index >= 15 is 0 Å². The molecule has 4 nitrogen and oxygen atoms in total. The van der Waals surface area contributed by atoms with Gasteiger partial charge in [-0.15, -0.1) is 11.3 Å². The number of hydrogen-bond acceptors (Lipinski definition) is 4. The number of thiophene rings is 1. The molecule has 0 aliphatic heterocycles. The number of carbonyl (C=O) groups is 1. The lowest BCUT2D eigenvalue weighted by Crippen LogP contribution is -2.51. The Hall–Kier alpha value is -1.49. The molecule has 0 spiro atoms. The van der Waals surface area contributed by atoms with Crippen molar-refractivity contribution in [1.82, 2.24) is 9.55 Å². The highest BCUT2D eigenvalue weighted by Gasteiger charge is 2.54. The van der Waals surface area contributed by atoms with E-state index in [1.54, 1.807) is 22.2 Å². The number of rotatable bonds is 3. The number of aryl methyl sites for hydroxylation is 1. The summed E-state index contributed by atoms with van der Waals surface area (Å²) in [4.78, 5) is 33.5. The molecule has 5 aliphatic carbocycles. The SMILES string of the molecule is CC1CCc2c(sc3ncn(CC(=O)C45CC6CC(CC(C6)C4)C5)c(=O)c23)C1. The molecule has 0 saturated heterocycles. The normalized spacial score (nSPS) is 36.0. The minimum Gasteiger partial charge on any atom is -0.297 e. The number of carbonyl (C=O) groups excluding carboxylic acids is 1. The standard InChI is InChI=1S/C23H28N2O2S/c1-13-2-3-17-18(4-13)28-21-20(17)22(27)25(12-24-21)11-19(26)23-8-14-5-15(9-23)7-16(6-14)10-23/h12-16H,2-11H2,1H3. The fraction of sp³-hybridized carbons (Fsp3) is 0.696. The molecule has 1 unspecified atom stereocenters. The summed E-state index contributed by atoms with van der Waals surface area (Å²) in [5, 5.41) is 0.799. The van der Waals surface area contributed by atoms with Gasteiger partial charge < -0.3 is 0 Å². The third kappa shape index (κ3) is 2.51. The molecule has 7 rings (SSSR count). The molecule has 4 bridgehead atoms. The maximum Gasteiger partial charge on any atom is 0.262 e. The summed E-state index contributed by atoms with van der Waals surface area (Å²) >= 11 is 1.68. The highest BCUT2D eigenvalue weighted by atomic mass is 32.1. The van der Waals surface area contributed by atoms with Gasteiger partial charge in [-0.25, -0.2) is 4.98 Å². The number of fused-ring (bicyclic) bond motifs is 3. The maximum atomic E-state index is 13.4. The van der Waals surface area contributed by atoms with E-state index in [0.717, 1.165) is 66.5 Å². The van der Waals surface area contributed by atoms with Gasteiger partial charge in [0.1, 0.15) is 4.83 Å². The molecule has 2 heterocycles. The van der Waals surface area contributed by atoms with E-state index in [1.807, 2.05) is 0 Å². The van der Waals surface area contributed by atoms with Crippen molar-refractivity contribution in [2.45, 2.75) is 71.3 Å². The fourth-order valence-electron chi connectivity index (χ4n) is 7.25. The molecule has 148 valence electrons. The number of Topliss-reactive ketones (excluding diaryl/α,β-unsaturated/α-hetero) is 1. The summed E-state index contributed by atoms with van der Waals surface area (Å²) < 4.78 is 1.62. The Labute approximate surface area is 169 Å². The van der Waals surface area contributed by atoms with Gasteiger partial charge in [-0.1, -0.05) is 6.92 Å². The van der Waals surface area contributed by atoms with E-state index in [2.05, 4.69) is 11.9 Å². The van der Waals surface area contributed by atoms with E-state index in [0.29, 0.717) is 11.7 Å². The lowest BCUT2D eigenvalue weighted by Gasteiger charge is -2.56. The zero-order valence-corrected chi connectivity index (χ0v) is 17.4. The molecule has 4 fully saturated rings. The zero-order chi connectivity index (χ0) is 19.0. The Kier molecular flexibility index (Phi) is 3.73. The van der Waals surface area contributed by atoms with Crippen LogP contribution < -0.4 is 5.56 Å². The van der Waals surface area contributed by atoms with Crippen LogP contribution in [-0.2, 0) is 24.2 Å². The van der Waals surface area contributed by atoms with E-state index in [4.69, 9.17) is 0 Å². The van der Waals surface area contributed by atoms with Crippen LogP contribution in [-0.4, -0.2) is 15.3 Å². The van der Waals surface area contributed by atoms with Crippen LogP contribution in [0.1, 0.15) is 62.3 Å². The van der Waals surface area contributed by atoms with E-state index in [-0.39, 0.29) is 17.5 Å². The first-order valence-electron chi connectivity index (χ1n) is 11.0. The van der Waals surface area contributed by atoms with Gasteiger partial charge >= 0.3 is 0 Å². The largest absolute Gasteiger partial charge is 0.297 e. The Morgan fingerprint density at radius 3 is 2.57 bits per heavy atom. The molecule has 5 aliphatic rings. The molecule has 2 aromatic rings. The molecule has 5 heteroatoms. The first kappa shape index (κ1) is 17.4. The predicted octanol–water partition coefficient (Wildman–Crippen LogP) is 4.37. The maximum absolute atomic E-state index is 13.4. The topological polar surface area (TPSA) is 52.0 Å². The smallest absolute Gasteiger partial charge is 0.262 e. The van der Waals surface area contributed by atoms with Crippen molar-refractivity contribution in [1.29, 1.82) is 0 Å². The van der Waals surface area contributed by atoms with E-state index < -0.39 is 0 Å². The number of hydrogen-bond donors (Lipinski definition) is 0. The second-order valence-corrected chi connectivity index (χ2v) is 11.4. The zero-order valence-electron chi connectivity index (χ0n) is 16.6. The minimum atomic E-state index is -0.146. The van der Waals surface area contributed by atoms with Crippen LogP contribution in [0.3, 0.4) is 0 Å². The summed E-state index contributed by atoms with van der Waals surface area (Å²) in [6.45, 7) is 2.50. The van der Waals surface area contributed by atoms with Gasteiger partial charge in [0.15, 0.2) is 5.78 Å². The van der Waals surface area contributed by atoms with Crippen molar-refractivity contribution < 1.29 is 4.79 Å². The van der Waals surface area contributed by atoms with Crippen molar-refractivity contribution in [3.8, 4) is 0 Å². The highest BCUT2D eigenvalue weighted by molar-refractivity contribution is 7.18. The summed E-state index contributed by atoms with van der Waals surface area (Å²) in [7, 11) is 0. The van der Waals surface area contributed by atoms with E-state index in [1.165, 1.54) is 29.7 Å². The van der Waals surface area contributed by atoms with Gasteiger partial charge in [0.05, 0.1) is 18.3 Å². The van der Waals surface area contributed by atoms with Crippen molar-refractivity contribution in [2.75, 3.05) is 0 Å². The van der Waals surface area contributed by atoms with Crippen LogP contribution in [0.15, 0.2) is 11.1 Å². The average Bonchev–Trinajstić information content (AvgIpc) is 3.01. The van der Waals surface area contributed by atoms with Crippen LogP contribution >= 0.6 is 11.3 Å². The van der Waals surface area contributed by atoms with Crippen molar-refractivity contribution in [3.05, 3.63) is 27.1 Å². The molecule has 0 amide bonds. The third-order valence-electron chi connectivity index (χ3n) is 8.23. The second kappa shape index (κ2) is 6.01. The molecular formula is C23H28N2O2S. The van der Waals surface area contributed by atoms with Gasteiger partial charge in [0.2, 0.25) is 0 Å². The number of nitrogens with zero attached hydrogens (tertiary/aromatic N) is 2. The average molecular weight is 397 g/mol. The van der Waals surface area contributed by atoms with Gasteiger partial charge in [0.25, 0.3) is 5.56 Å². The van der Waals surface area contributed by atoms with Crippen LogP contribution in [0, 0.1) is 29.1 Å². The predicted molar refractivity (Wildman–Crippen MR) is 111 cm³/mol. The Morgan fingerprint density at radius 2 is 1.89 bits per heavy atom. The number of ketones is 1. The lowest BCUT2D eigenvalue weighted by atomic mass is 9.48. The van der Waals surface area contributed by atoms with Gasteiger partial charge in [-0.05, 0) is 87.0 Å². The van der Waals surface area contributed by atoms with Gasteiger partial charge in [-0.2, -0.15) is 0 Å². The van der Waals surface area contributed by atoms with Crippen LogP contribution in [0.25, 0.3) is 10.2 Å². The highest BCUT2D eigenvalue weighted by Crippen LogP contribution is 2.60. The summed E-state index contributed by atoms with van der Waals surface area (Å²) in [6.07, 6.45) is 12.0. The van der Waals surface area contributed by atoms with Crippen LogP contribution in [0.4, 0.5) is 0 Å². The van der Waals surface area contributed by atoms with Crippen LogP contribution in [0.2, 0.25) is 0 Å². The van der Waals surface area contributed by atoms with Crippen molar-refractivity contribution >= 4 is 27.3 Å². The lowest BCUT2D eigenvalue weighted by molar-refractivity contribution is -0.144. The molecule has 0 radical (unpaired) electrons. The summed E-state index contributed by atoms with van der Waals surface area (Å²) in [6, 6.07) is 0. The molecule has 0 N–H and O–H groups in total. The summed E-state index contributed by atoms with van der Waals surface area (Å²) in [5.74, 6) is 3.23. The molecule has 2 aromatic heterocycles. The minimum absolute atomic E-state index is 0.00938. The fourth-order valence-corrected chi connectivity index (χ4v) is 8.59. The molecule has 4 saturated carbocycles. The van der Waals surface area contributed by atoms with Gasteiger partial charge in [-0.3, -0.25) is 14.2 Å². The molecule has 0 aromatic carbocycles. The summed E-state index contributed by atoms with van der Waals surface area (Å²) in [5.41, 5.74) is 1.08.